The van der Waals surface area contributed by atoms with E-state index in [1.165, 1.54) is 36.2 Å². The van der Waals surface area contributed by atoms with E-state index in [0.29, 0.717) is 24.2 Å². The van der Waals surface area contributed by atoms with Crippen LogP contribution in [0.4, 0.5) is 13.2 Å². The third-order valence-electron chi connectivity index (χ3n) is 5.19. The molecule has 0 saturated carbocycles. The van der Waals surface area contributed by atoms with Crippen molar-refractivity contribution in [2.24, 2.45) is 0 Å². The molecular weight excluding hydrogens is 425 g/mol. The van der Waals surface area contributed by atoms with Gasteiger partial charge in [0.1, 0.15) is 0 Å². The number of likely N-dealkylation sites (N-methyl/N-ethyl adjacent to an activating group) is 2. The summed E-state index contributed by atoms with van der Waals surface area (Å²) in [4.78, 5) is 32.7. The minimum Gasteiger partial charge on any atom is -0.342 e. The summed E-state index contributed by atoms with van der Waals surface area (Å²) in [6, 6.07) is 6.25. The predicted molar refractivity (Wildman–Crippen MR) is 112 cm³/mol. The first-order valence-electron chi connectivity index (χ1n) is 10.0. The molecular formula is C22H23F3N4O3. The number of rotatable bonds is 6. The summed E-state index contributed by atoms with van der Waals surface area (Å²) in [5, 5.41) is 4.11. The lowest BCUT2D eigenvalue weighted by Crippen LogP contribution is -2.41. The van der Waals surface area contributed by atoms with E-state index in [9.17, 15) is 22.8 Å². The molecule has 1 aromatic carbocycles. The fourth-order valence-electron chi connectivity index (χ4n) is 3.51. The van der Waals surface area contributed by atoms with Gasteiger partial charge in [-0.15, -0.1) is 0 Å². The fourth-order valence-corrected chi connectivity index (χ4v) is 3.51. The molecule has 0 bridgehead atoms. The number of benzene rings is 1. The quantitative estimate of drug-likeness (QED) is 0.566. The van der Waals surface area contributed by atoms with Crippen molar-refractivity contribution in [2.75, 3.05) is 26.7 Å². The van der Waals surface area contributed by atoms with Crippen molar-refractivity contribution in [1.29, 1.82) is 0 Å². The van der Waals surface area contributed by atoms with Gasteiger partial charge in [-0.1, -0.05) is 23.4 Å². The number of aromatic nitrogens is 2. The van der Waals surface area contributed by atoms with E-state index in [1.807, 2.05) is 13.8 Å². The third kappa shape index (κ3) is 4.44. The second kappa shape index (κ2) is 8.97. The van der Waals surface area contributed by atoms with Gasteiger partial charge in [0.25, 0.3) is 11.6 Å². The molecule has 0 aliphatic rings. The van der Waals surface area contributed by atoms with Crippen molar-refractivity contribution in [3.8, 4) is 11.3 Å². The van der Waals surface area contributed by atoms with Gasteiger partial charge in [0.05, 0.1) is 34.4 Å². The largest absolute Gasteiger partial charge is 0.417 e. The summed E-state index contributed by atoms with van der Waals surface area (Å²) in [6.45, 7) is 6.10. The number of pyridine rings is 1. The van der Waals surface area contributed by atoms with Crippen LogP contribution in [0.5, 0.6) is 0 Å². The monoisotopic (exact) mass is 448 g/mol. The Balaban J connectivity index is 2.10. The van der Waals surface area contributed by atoms with Crippen molar-refractivity contribution < 1.29 is 27.3 Å². The fraction of sp³-hybridized carbons (Fsp3) is 0.364. The van der Waals surface area contributed by atoms with Crippen molar-refractivity contribution in [3.63, 3.8) is 0 Å². The molecule has 0 radical (unpaired) electrons. The zero-order valence-electron chi connectivity index (χ0n) is 18.2. The number of hydrogen-bond donors (Lipinski definition) is 0. The average molecular weight is 448 g/mol. The second-order valence-electron chi connectivity index (χ2n) is 7.27. The number of nitrogens with zero attached hydrogens (tertiary/aromatic N) is 4. The van der Waals surface area contributed by atoms with Crippen LogP contribution in [0, 0.1) is 6.92 Å². The Kier molecular flexibility index (Phi) is 6.52. The first-order valence-corrected chi connectivity index (χ1v) is 10.0. The van der Waals surface area contributed by atoms with Gasteiger partial charge >= 0.3 is 6.18 Å². The number of fused-ring (bicyclic) bond motifs is 1. The van der Waals surface area contributed by atoms with Crippen molar-refractivity contribution in [3.05, 3.63) is 47.2 Å². The zero-order valence-corrected chi connectivity index (χ0v) is 18.2. The van der Waals surface area contributed by atoms with Crippen LogP contribution in [0.25, 0.3) is 22.4 Å². The highest BCUT2D eigenvalue weighted by Gasteiger charge is 2.34. The molecule has 10 heteroatoms. The average Bonchev–Trinajstić information content (AvgIpc) is 3.13. The smallest absolute Gasteiger partial charge is 0.342 e. The van der Waals surface area contributed by atoms with E-state index in [-0.39, 0.29) is 35.0 Å². The Bertz CT molecular complexity index is 1150. The Morgan fingerprint density at radius 1 is 1.12 bits per heavy atom. The molecule has 0 N–H and O–H groups in total. The zero-order chi connectivity index (χ0) is 23.6. The number of halogens is 3. The summed E-state index contributed by atoms with van der Waals surface area (Å²) in [5.74, 6) is -0.782. The number of carbonyl (C=O) groups is 2. The Labute approximate surface area is 182 Å². The Morgan fingerprint density at radius 3 is 2.41 bits per heavy atom. The highest BCUT2D eigenvalue weighted by molar-refractivity contribution is 6.07. The molecule has 0 saturated heterocycles. The maximum absolute atomic E-state index is 13.5. The summed E-state index contributed by atoms with van der Waals surface area (Å²) in [6.07, 6.45) is -4.61. The SMILES string of the molecule is CCN(CC)C(=O)CN(C)C(=O)c1cc(-c2ccccc2C(F)(F)F)nc2onc(C)c12. The molecule has 2 amide bonds. The molecule has 2 aromatic heterocycles. The summed E-state index contributed by atoms with van der Waals surface area (Å²) in [5.41, 5.74) is -0.763. The molecule has 7 nitrogen and oxygen atoms in total. The molecule has 0 aliphatic carbocycles. The maximum atomic E-state index is 13.5. The van der Waals surface area contributed by atoms with Crippen LogP contribution < -0.4 is 0 Å². The van der Waals surface area contributed by atoms with Crippen LogP contribution >= 0.6 is 0 Å². The van der Waals surface area contributed by atoms with E-state index in [4.69, 9.17) is 4.52 Å². The molecule has 0 fully saturated rings. The van der Waals surface area contributed by atoms with Gasteiger partial charge in [-0.25, -0.2) is 4.98 Å². The van der Waals surface area contributed by atoms with E-state index in [0.717, 1.165) is 6.07 Å². The van der Waals surface area contributed by atoms with Crippen LogP contribution in [-0.2, 0) is 11.0 Å². The number of amides is 2. The predicted octanol–water partition coefficient (Wildman–Crippen LogP) is 4.16. The van der Waals surface area contributed by atoms with Gasteiger partial charge in [-0.05, 0) is 32.9 Å². The lowest BCUT2D eigenvalue weighted by molar-refractivity contribution is -0.137. The summed E-state index contributed by atoms with van der Waals surface area (Å²) in [7, 11) is 1.46. The van der Waals surface area contributed by atoms with Crippen LogP contribution in [0.2, 0.25) is 0 Å². The number of aryl methyl sites for hydroxylation is 1. The van der Waals surface area contributed by atoms with Crippen molar-refractivity contribution in [2.45, 2.75) is 26.9 Å². The number of carbonyl (C=O) groups excluding carboxylic acids is 2. The van der Waals surface area contributed by atoms with Gasteiger partial charge < -0.3 is 14.3 Å². The number of alkyl halides is 3. The van der Waals surface area contributed by atoms with Crippen molar-refractivity contribution in [1.82, 2.24) is 19.9 Å². The van der Waals surface area contributed by atoms with Crippen LogP contribution in [0.1, 0.15) is 35.5 Å². The minimum atomic E-state index is -4.61. The molecule has 3 rings (SSSR count). The maximum Gasteiger partial charge on any atom is 0.417 e. The van der Waals surface area contributed by atoms with E-state index in [1.54, 1.807) is 11.8 Å². The van der Waals surface area contributed by atoms with Gasteiger partial charge in [0.15, 0.2) is 0 Å². The van der Waals surface area contributed by atoms with Gasteiger partial charge in [-0.2, -0.15) is 13.2 Å². The molecule has 0 spiro atoms. The second-order valence-corrected chi connectivity index (χ2v) is 7.27. The minimum absolute atomic E-state index is 0.0520. The molecule has 170 valence electrons. The lowest BCUT2D eigenvalue weighted by Gasteiger charge is -2.23. The van der Waals surface area contributed by atoms with Gasteiger partial charge in [0.2, 0.25) is 5.91 Å². The summed E-state index contributed by atoms with van der Waals surface area (Å²) < 4.78 is 45.8. The van der Waals surface area contributed by atoms with Gasteiger partial charge in [0, 0.05) is 25.7 Å². The normalized spacial score (nSPS) is 11.6. The molecule has 2 heterocycles. The van der Waals surface area contributed by atoms with Crippen molar-refractivity contribution >= 4 is 22.9 Å². The van der Waals surface area contributed by atoms with Crippen LogP contribution in [0.15, 0.2) is 34.9 Å². The molecule has 32 heavy (non-hydrogen) atoms. The standard InChI is InChI=1S/C22H23F3N4O3/c1-5-29(6-2)18(30)12-28(4)21(31)15-11-17(26-20-19(15)13(3)27-32-20)14-9-7-8-10-16(14)22(23,24)25/h7-11H,5-6,12H2,1-4H3. The molecule has 0 aliphatic heterocycles. The molecule has 3 aromatic rings. The molecule has 0 atom stereocenters. The first kappa shape index (κ1) is 23.2. The van der Waals surface area contributed by atoms with Gasteiger partial charge in [-0.3, -0.25) is 9.59 Å². The van der Waals surface area contributed by atoms with Crippen LogP contribution in [0.3, 0.4) is 0 Å². The lowest BCUT2D eigenvalue weighted by atomic mass is 10.0. The first-order chi connectivity index (χ1) is 15.1. The highest BCUT2D eigenvalue weighted by atomic mass is 19.4. The van der Waals surface area contributed by atoms with E-state index in [2.05, 4.69) is 10.1 Å². The molecule has 0 unspecified atom stereocenters. The Hall–Kier alpha value is -3.43. The Morgan fingerprint density at radius 2 is 1.78 bits per heavy atom. The van der Waals surface area contributed by atoms with E-state index >= 15 is 0 Å². The number of hydrogen-bond acceptors (Lipinski definition) is 5. The topological polar surface area (TPSA) is 79.5 Å². The third-order valence-corrected chi connectivity index (χ3v) is 5.19. The highest BCUT2D eigenvalue weighted by Crippen LogP contribution is 2.37. The summed E-state index contributed by atoms with van der Waals surface area (Å²) >= 11 is 0. The van der Waals surface area contributed by atoms with E-state index < -0.39 is 17.6 Å². The van der Waals surface area contributed by atoms with Crippen LogP contribution in [-0.4, -0.2) is 58.4 Å².